The molecule has 0 aromatic rings. The number of hydrogen-bond acceptors (Lipinski definition) is 1. The second-order valence-electron chi connectivity index (χ2n) is 5.14. The third kappa shape index (κ3) is 2.78. The van der Waals surface area contributed by atoms with E-state index in [9.17, 15) is 0 Å². The Morgan fingerprint density at radius 3 is 2.50 bits per heavy atom. The van der Waals surface area contributed by atoms with E-state index in [2.05, 4.69) is 32.7 Å². The third-order valence-corrected chi connectivity index (χ3v) is 3.29. The van der Waals surface area contributed by atoms with Gasteiger partial charge >= 0.3 is 0 Å². The van der Waals surface area contributed by atoms with Crippen molar-refractivity contribution in [2.75, 3.05) is 20.1 Å². The Hall–Kier alpha value is -0.0400. The van der Waals surface area contributed by atoms with E-state index in [0.717, 1.165) is 5.92 Å². The molecular formula is C11H23N. The Bertz CT molecular complexity index is 140. The van der Waals surface area contributed by atoms with Gasteiger partial charge in [0, 0.05) is 6.54 Å². The highest BCUT2D eigenvalue weighted by Gasteiger charge is 2.26. The summed E-state index contributed by atoms with van der Waals surface area (Å²) in [6.45, 7) is 9.73. The van der Waals surface area contributed by atoms with Crippen LogP contribution in [-0.4, -0.2) is 25.0 Å². The fourth-order valence-corrected chi connectivity index (χ4v) is 2.12. The van der Waals surface area contributed by atoms with Crippen LogP contribution in [-0.2, 0) is 0 Å². The molecule has 0 aromatic heterocycles. The van der Waals surface area contributed by atoms with E-state index in [0.29, 0.717) is 5.41 Å². The first-order valence-corrected chi connectivity index (χ1v) is 5.22. The Kier molecular flexibility index (Phi) is 3.16. The zero-order valence-electron chi connectivity index (χ0n) is 9.06. The number of nitrogens with zero attached hydrogens (tertiary/aromatic N) is 1. The topological polar surface area (TPSA) is 3.24 Å². The lowest BCUT2D eigenvalue weighted by Crippen LogP contribution is -2.19. The predicted octanol–water partition coefficient (Wildman–Crippen LogP) is 2.76. The fraction of sp³-hybridized carbons (Fsp3) is 1.00. The molecule has 0 amide bonds. The summed E-state index contributed by atoms with van der Waals surface area (Å²) >= 11 is 0. The quantitative estimate of drug-likeness (QED) is 0.628. The number of rotatable bonds is 3. The van der Waals surface area contributed by atoms with Crippen molar-refractivity contribution >= 4 is 0 Å². The SMILES string of the molecule is CCC(C)(C)CC1CCN(C)C1. The van der Waals surface area contributed by atoms with Crippen LogP contribution in [0.4, 0.5) is 0 Å². The highest BCUT2D eigenvalue weighted by atomic mass is 15.1. The van der Waals surface area contributed by atoms with Crippen molar-refractivity contribution in [1.82, 2.24) is 4.90 Å². The lowest BCUT2D eigenvalue weighted by molar-refractivity contribution is 0.255. The van der Waals surface area contributed by atoms with E-state index in [4.69, 9.17) is 0 Å². The van der Waals surface area contributed by atoms with Gasteiger partial charge in [0.1, 0.15) is 0 Å². The first-order chi connectivity index (χ1) is 5.53. The molecule has 1 unspecified atom stereocenters. The molecule has 12 heavy (non-hydrogen) atoms. The molecule has 1 nitrogen and oxygen atoms in total. The molecule has 1 heterocycles. The maximum Gasteiger partial charge on any atom is 0.000729 e. The highest BCUT2D eigenvalue weighted by molar-refractivity contribution is 4.79. The number of likely N-dealkylation sites (tertiary alicyclic amines) is 1. The van der Waals surface area contributed by atoms with Crippen molar-refractivity contribution in [3.8, 4) is 0 Å². The van der Waals surface area contributed by atoms with E-state index in [1.54, 1.807) is 0 Å². The van der Waals surface area contributed by atoms with Crippen LogP contribution >= 0.6 is 0 Å². The Balaban J connectivity index is 2.32. The maximum absolute atomic E-state index is 2.45. The maximum atomic E-state index is 2.45. The minimum absolute atomic E-state index is 0.565. The molecule has 0 N–H and O–H groups in total. The Morgan fingerprint density at radius 2 is 2.08 bits per heavy atom. The molecule has 0 aromatic carbocycles. The summed E-state index contributed by atoms with van der Waals surface area (Å²) in [5.74, 6) is 0.963. The van der Waals surface area contributed by atoms with Crippen molar-refractivity contribution < 1.29 is 0 Å². The molecule has 0 spiro atoms. The van der Waals surface area contributed by atoms with Gasteiger partial charge in [0.05, 0.1) is 0 Å². The molecule has 1 heteroatoms. The molecule has 1 aliphatic rings. The van der Waals surface area contributed by atoms with Crippen molar-refractivity contribution in [2.24, 2.45) is 11.3 Å². The van der Waals surface area contributed by atoms with Gasteiger partial charge in [-0.15, -0.1) is 0 Å². The summed E-state index contributed by atoms with van der Waals surface area (Å²) in [4.78, 5) is 2.45. The van der Waals surface area contributed by atoms with E-state index >= 15 is 0 Å². The average molecular weight is 169 g/mol. The summed E-state index contributed by atoms with van der Waals surface area (Å²) in [6.07, 6.45) is 4.14. The lowest BCUT2D eigenvalue weighted by Gasteiger charge is -2.26. The van der Waals surface area contributed by atoms with E-state index in [1.807, 2.05) is 0 Å². The average Bonchev–Trinajstić information content (AvgIpc) is 2.35. The minimum Gasteiger partial charge on any atom is -0.306 e. The fourth-order valence-electron chi connectivity index (χ4n) is 2.12. The second-order valence-corrected chi connectivity index (χ2v) is 5.14. The molecule has 1 atom stereocenters. The standard InChI is InChI=1S/C11H23N/c1-5-11(2,3)8-10-6-7-12(4)9-10/h10H,5-9H2,1-4H3. The van der Waals surface area contributed by atoms with Gasteiger partial charge in [0.2, 0.25) is 0 Å². The van der Waals surface area contributed by atoms with Crippen molar-refractivity contribution in [3.05, 3.63) is 0 Å². The van der Waals surface area contributed by atoms with Crippen LogP contribution in [0.5, 0.6) is 0 Å². The van der Waals surface area contributed by atoms with Crippen molar-refractivity contribution in [3.63, 3.8) is 0 Å². The van der Waals surface area contributed by atoms with Crippen LogP contribution in [0.15, 0.2) is 0 Å². The van der Waals surface area contributed by atoms with Gasteiger partial charge in [-0.1, -0.05) is 27.2 Å². The Labute approximate surface area is 77.1 Å². The first-order valence-electron chi connectivity index (χ1n) is 5.22. The van der Waals surface area contributed by atoms with Crippen LogP contribution in [0, 0.1) is 11.3 Å². The van der Waals surface area contributed by atoms with E-state index in [1.165, 1.54) is 32.4 Å². The summed E-state index contributed by atoms with van der Waals surface area (Å²) in [6, 6.07) is 0. The molecule has 0 saturated carbocycles. The van der Waals surface area contributed by atoms with Gasteiger partial charge in [0.15, 0.2) is 0 Å². The van der Waals surface area contributed by atoms with Gasteiger partial charge in [-0.2, -0.15) is 0 Å². The molecule has 0 bridgehead atoms. The highest BCUT2D eigenvalue weighted by Crippen LogP contribution is 2.32. The molecule has 0 aliphatic carbocycles. The number of hydrogen-bond donors (Lipinski definition) is 0. The van der Waals surface area contributed by atoms with Gasteiger partial charge in [-0.05, 0) is 37.8 Å². The zero-order chi connectivity index (χ0) is 9.19. The summed E-state index contributed by atoms with van der Waals surface area (Å²) in [5, 5.41) is 0. The monoisotopic (exact) mass is 169 g/mol. The van der Waals surface area contributed by atoms with Gasteiger partial charge < -0.3 is 4.90 Å². The lowest BCUT2D eigenvalue weighted by atomic mass is 9.80. The van der Waals surface area contributed by atoms with Crippen LogP contribution in [0.3, 0.4) is 0 Å². The van der Waals surface area contributed by atoms with Gasteiger partial charge in [-0.3, -0.25) is 0 Å². The summed E-state index contributed by atoms with van der Waals surface area (Å²) in [7, 11) is 2.24. The zero-order valence-corrected chi connectivity index (χ0v) is 9.06. The van der Waals surface area contributed by atoms with Crippen molar-refractivity contribution in [1.29, 1.82) is 0 Å². The molecule has 1 fully saturated rings. The summed E-state index contributed by atoms with van der Waals surface area (Å²) < 4.78 is 0. The molecule has 1 rings (SSSR count). The Morgan fingerprint density at radius 1 is 1.42 bits per heavy atom. The van der Waals surface area contributed by atoms with Crippen LogP contribution in [0.25, 0.3) is 0 Å². The van der Waals surface area contributed by atoms with Gasteiger partial charge in [-0.25, -0.2) is 0 Å². The molecular weight excluding hydrogens is 146 g/mol. The minimum atomic E-state index is 0.565. The van der Waals surface area contributed by atoms with Crippen molar-refractivity contribution in [2.45, 2.75) is 40.0 Å². The largest absolute Gasteiger partial charge is 0.306 e. The van der Waals surface area contributed by atoms with Crippen LogP contribution < -0.4 is 0 Å². The first kappa shape index (κ1) is 10.0. The summed E-state index contributed by atoms with van der Waals surface area (Å²) in [5.41, 5.74) is 0.565. The normalized spacial score (nSPS) is 26.5. The predicted molar refractivity (Wildman–Crippen MR) is 54.3 cm³/mol. The molecule has 72 valence electrons. The van der Waals surface area contributed by atoms with Crippen LogP contribution in [0.2, 0.25) is 0 Å². The smallest absolute Gasteiger partial charge is 0.000729 e. The van der Waals surface area contributed by atoms with Crippen LogP contribution in [0.1, 0.15) is 40.0 Å². The molecule has 1 aliphatic heterocycles. The van der Waals surface area contributed by atoms with E-state index < -0.39 is 0 Å². The second kappa shape index (κ2) is 3.78. The molecule has 0 radical (unpaired) electrons. The van der Waals surface area contributed by atoms with E-state index in [-0.39, 0.29) is 0 Å². The molecule has 1 saturated heterocycles. The van der Waals surface area contributed by atoms with Gasteiger partial charge in [0.25, 0.3) is 0 Å². The third-order valence-electron chi connectivity index (χ3n) is 3.29.